The van der Waals surface area contributed by atoms with Crippen molar-refractivity contribution < 1.29 is 19.7 Å². The average Bonchev–Trinajstić information content (AvgIpc) is 1.99. The van der Waals surface area contributed by atoms with Crippen molar-refractivity contribution in [3.8, 4) is 0 Å². The number of hydrogen-bond acceptors (Lipinski definition) is 4. The molecule has 0 rings (SSSR count). The van der Waals surface area contributed by atoms with E-state index in [1.165, 1.54) is 7.05 Å². The number of ether oxygens (including phenoxy) is 1. The summed E-state index contributed by atoms with van der Waals surface area (Å²) in [5.74, 6) is 0. The molecule has 5 heteroatoms. The van der Waals surface area contributed by atoms with Crippen LogP contribution in [0.2, 0.25) is 0 Å². The fraction of sp³-hybridized carbons (Fsp3) is 0.800. The van der Waals surface area contributed by atoms with E-state index in [0.29, 0.717) is 0 Å². The van der Waals surface area contributed by atoms with Crippen LogP contribution in [0.25, 0.3) is 0 Å². The zero-order valence-electron chi connectivity index (χ0n) is 5.70. The molecule has 0 heterocycles. The van der Waals surface area contributed by atoms with Crippen LogP contribution < -0.4 is 5.32 Å². The van der Waals surface area contributed by atoms with Crippen molar-refractivity contribution >= 4 is 6.09 Å². The molecule has 0 aliphatic rings. The summed E-state index contributed by atoms with van der Waals surface area (Å²) in [6.07, 6.45) is -1.61. The summed E-state index contributed by atoms with van der Waals surface area (Å²) in [6, 6.07) is 0. The maximum Gasteiger partial charge on any atom is 0.406 e. The molecule has 1 unspecified atom stereocenters. The maximum atomic E-state index is 10.3. The van der Waals surface area contributed by atoms with E-state index in [1.54, 1.807) is 0 Å². The summed E-state index contributed by atoms with van der Waals surface area (Å²) < 4.78 is 4.38. The van der Waals surface area contributed by atoms with E-state index in [1.807, 2.05) is 0 Å². The Morgan fingerprint density at radius 2 is 2.40 bits per heavy atom. The van der Waals surface area contributed by atoms with Gasteiger partial charge in [-0.25, -0.2) is 4.79 Å². The molecule has 0 aliphatic carbocycles. The lowest BCUT2D eigenvalue weighted by molar-refractivity contribution is 0.0327. The molecule has 0 radical (unpaired) electrons. The third-order valence-corrected chi connectivity index (χ3v) is 0.822. The Labute approximate surface area is 58.6 Å². The van der Waals surface area contributed by atoms with Crippen LogP contribution in [-0.4, -0.2) is 42.7 Å². The van der Waals surface area contributed by atoms with E-state index in [9.17, 15) is 4.79 Å². The topological polar surface area (TPSA) is 78.8 Å². The summed E-state index contributed by atoms with van der Waals surface area (Å²) in [5, 5.41) is 19.1. The number of carbonyl (C=O) groups excluding carboxylic acids is 1. The van der Waals surface area contributed by atoms with Crippen LogP contribution in [0.3, 0.4) is 0 Å². The van der Waals surface area contributed by atoms with E-state index in [-0.39, 0.29) is 6.61 Å². The van der Waals surface area contributed by atoms with Gasteiger partial charge in [0.25, 0.3) is 0 Å². The smallest absolute Gasteiger partial charge is 0.406 e. The van der Waals surface area contributed by atoms with Crippen LogP contribution >= 0.6 is 0 Å². The van der Waals surface area contributed by atoms with Crippen LogP contribution in [-0.2, 0) is 4.74 Å². The van der Waals surface area contributed by atoms with Crippen LogP contribution in [0.1, 0.15) is 0 Å². The van der Waals surface area contributed by atoms with Gasteiger partial charge in [0.2, 0.25) is 0 Å². The Morgan fingerprint density at radius 3 is 2.80 bits per heavy atom. The molecule has 10 heavy (non-hydrogen) atoms. The normalized spacial score (nSPS) is 12.3. The Bertz CT molecular complexity index is 106. The maximum absolute atomic E-state index is 10.3. The van der Waals surface area contributed by atoms with Gasteiger partial charge in [-0.15, -0.1) is 0 Å². The number of nitrogens with one attached hydrogen (secondary N) is 1. The minimum Gasteiger partial charge on any atom is -0.447 e. The van der Waals surface area contributed by atoms with Gasteiger partial charge >= 0.3 is 6.09 Å². The van der Waals surface area contributed by atoms with Gasteiger partial charge in [0.15, 0.2) is 0 Å². The van der Waals surface area contributed by atoms with Crippen LogP contribution in [0.4, 0.5) is 4.79 Å². The second-order valence-electron chi connectivity index (χ2n) is 1.68. The molecule has 0 fully saturated rings. The fourth-order valence-corrected chi connectivity index (χ4v) is 0.297. The van der Waals surface area contributed by atoms with Crippen molar-refractivity contribution in [1.82, 2.24) is 5.32 Å². The lowest BCUT2D eigenvalue weighted by atomic mass is 10.4. The highest BCUT2D eigenvalue weighted by Gasteiger charge is 2.04. The minimum absolute atomic E-state index is 0.184. The summed E-state index contributed by atoms with van der Waals surface area (Å²) in [4.78, 5) is 10.3. The number of hydrogen-bond donors (Lipinski definition) is 3. The monoisotopic (exact) mass is 149 g/mol. The number of aliphatic hydroxyl groups excluding tert-OH is 2. The largest absolute Gasteiger partial charge is 0.447 e. The molecule has 0 aliphatic heterocycles. The summed E-state index contributed by atoms with van der Waals surface area (Å²) >= 11 is 0. The molecule has 0 aromatic rings. The Kier molecular flexibility index (Phi) is 4.61. The lowest BCUT2D eigenvalue weighted by Gasteiger charge is -2.06. The average molecular weight is 149 g/mol. The van der Waals surface area contributed by atoms with Crippen molar-refractivity contribution in [2.45, 2.75) is 6.10 Å². The predicted molar refractivity (Wildman–Crippen MR) is 33.5 cm³/mol. The number of alkyl carbamates (subject to hydrolysis) is 1. The Morgan fingerprint density at radius 1 is 1.80 bits per heavy atom. The number of carbonyl (C=O) groups is 1. The third kappa shape index (κ3) is 4.11. The molecule has 1 atom stereocenters. The van der Waals surface area contributed by atoms with Crippen LogP contribution in [0.5, 0.6) is 0 Å². The van der Waals surface area contributed by atoms with Crippen LogP contribution in [0, 0.1) is 0 Å². The van der Waals surface area contributed by atoms with E-state index in [0.717, 1.165) is 0 Å². The first-order valence-corrected chi connectivity index (χ1v) is 2.84. The quantitative estimate of drug-likeness (QED) is 0.466. The van der Waals surface area contributed by atoms with Crippen LogP contribution in [0.15, 0.2) is 0 Å². The third-order valence-electron chi connectivity index (χ3n) is 0.822. The molecule has 60 valence electrons. The number of amides is 1. The molecule has 0 aromatic heterocycles. The molecule has 0 saturated carbocycles. The molecule has 0 spiro atoms. The molecular weight excluding hydrogens is 138 g/mol. The van der Waals surface area contributed by atoms with Gasteiger partial charge in [0, 0.05) is 7.05 Å². The van der Waals surface area contributed by atoms with Gasteiger partial charge in [0.1, 0.15) is 12.7 Å². The Hall–Kier alpha value is -0.810. The van der Waals surface area contributed by atoms with Gasteiger partial charge < -0.3 is 20.3 Å². The second-order valence-corrected chi connectivity index (χ2v) is 1.68. The van der Waals surface area contributed by atoms with Crippen molar-refractivity contribution in [3.63, 3.8) is 0 Å². The SMILES string of the molecule is CNC(=O)OCC(O)CO. The number of rotatable bonds is 3. The highest BCUT2D eigenvalue weighted by Crippen LogP contribution is 1.83. The molecule has 1 amide bonds. The zero-order valence-corrected chi connectivity index (χ0v) is 5.70. The first-order chi connectivity index (χ1) is 4.70. The van der Waals surface area contributed by atoms with Gasteiger partial charge in [-0.05, 0) is 0 Å². The molecule has 0 aromatic carbocycles. The standard InChI is InChI=1S/C5H11NO4/c1-6-5(9)10-3-4(8)2-7/h4,7-8H,2-3H2,1H3,(H,6,9). The lowest BCUT2D eigenvalue weighted by Crippen LogP contribution is -2.26. The highest BCUT2D eigenvalue weighted by atomic mass is 16.6. The van der Waals surface area contributed by atoms with E-state index in [2.05, 4.69) is 10.1 Å². The second kappa shape index (κ2) is 5.01. The summed E-state index contributed by atoms with van der Waals surface area (Å²) in [7, 11) is 1.41. The van der Waals surface area contributed by atoms with Crippen molar-refractivity contribution in [2.24, 2.45) is 0 Å². The van der Waals surface area contributed by atoms with Crippen molar-refractivity contribution in [1.29, 1.82) is 0 Å². The molecule has 0 saturated heterocycles. The summed E-state index contributed by atoms with van der Waals surface area (Å²) in [5.41, 5.74) is 0. The minimum atomic E-state index is -0.989. The first kappa shape index (κ1) is 9.19. The molecule has 5 nitrogen and oxygen atoms in total. The van der Waals surface area contributed by atoms with E-state index in [4.69, 9.17) is 10.2 Å². The number of aliphatic hydroxyl groups is 2. The van der Waals surface area contributed by atoms with E-state index < -0.39 is 18.8 Å². The molecule has 3 N–H and O–H groups in total. The summed E-state index contributed by atoms with van der Waals surface area (Å²) in [6.45, 7) is -0.590. The van der Waals surface area contributed by atoms with Gasteiger partial charge in [-0.1, -0.05) is 0 Å². The van der Waals surface area contributed by atoms with E-state index >= 15 is 0 Å². The van der Waals surface area contributed by atoms with Gasteiger partial charge in [-0.3, -0.25) is 0 Å². The van der Waals surface area contributed by atoms with Crippen molar-refractivity contribution in [2.75, 3.05) is 20.3 Å². The zero-order chi connectivity index (χ0) is 7.98. The first-order valence-electron chi connectivity index (χ1n) is 2.84. The van der Waals surface area contributed by atoms with Gasteiger partial charge in [0.05, 0.1) is 6.61 Å². The highest BCUT2D eigenvalue weighted by molar-refractivity contribution is 5.66. The fourth-order valence-electron chi connectivity index (χ4n) is 0.297. The molecular formula is C5H11NO4. The Balaban J connectivity index is 3.26. The predicted octanol–water partition coefficient (Wildman–Crippen LogP) is -1.30. The van der Waals surface area contributed by atoms with Gasteiger partial charge in [-0.2, -0.15) is 0 Å². The molecule has 0 bridgehead atoms. The van der Waals surface area contributed by atoms with Crippen molar-refractivity contribution in [3.05, 3.63) is 0 Å².